The summed E-state index contributed by atoms with van der Waals surface area (Å²) in [5, 5.41) is 22.5. The zero-order valence-electron chi connectivity index (χ0n) is 17.2. The van der Waals surface area contributed by atoms with Crippen LogP contribution in [0.3, 0.4) is 0 Å². The SMILES string of the molecule is C[C@](Cc1ccc(O)cc1)(C(=O)NCc1ccccc1)N(Cc1ccncc1)C(=O)O. The van der Waals surface area contributed by atoms with E-state index in [9.17, 15) is 19.8 Å². The number of amides is 2. The van der Waals surface area contributed by atoms with E-state index in [1.165, 1.54) is 12.1 Å². The third-order valence-corrected chi connectivity index (χ3v) is 5.19. The van der Waals surface area contributed by atoms with E-state index in [1.54, 1.807) is 43.6 Å². The van der Waals surface area contributed by atoms with Crippen molar-refractivity contribution in [3.05, 3.63) is 95.8 Å². The second kappa shape index (κ2) is 9.75. The maximum Gasteiger partial charge on any atom is 0.408 e. The van der Waals surface area contributed by atoms with E-state index in [0.29, 0.717) is 0 Å². The average Bonchev–Trinajstić information content (AvgIpc) is 2.78. The van der Waals surface area contributed by atoms with Gasteiger partial charge in [-0.15, -0.1) is 0 Å². The van der Waals surface area contributed by atoms with Crippen molar-refractivity contribution in [3.8, 4) is 5.75 Å². The summed E-state index contributed by atoms with van der Waals surface area (Å²) in [5.74, 6) is -0.299. The molecule has 1 atom stereocenters. The predicted molar refractivity (Wildman–Crippen MR) is 116 cm³/mol. The Hall–Kier alpha value is -3.87. The van der Waals surface area contributed by atoms with Crippen molar-refractivity contribution < 1.29 is 19.8 Å². The smallest absolute Gasteiger partial charge is 0.408 e. The molecule has 0 saturated heterocycles. The quantitative estimate of drug-likeness (QED) is 0.518. The number of benzene rings is 2. The first-order chi connectivity index (χ1) is 14.9. The van der Waals surface area contributed by atoms with Gasteiger partial charge < -0.3 is 15.5 Å². The van der Waals surface area contributed by atoms with Crippen molar-refractivity contribution in [2.75, 3.05) is 0 Å². The number of phenolic OH excluding ortho intramolecular Hbond substituents is 1. The minimum atomic E-state index is -1.39. The molecular formula is C24H25N3O4. The highest BCUT2D eigenvalue weighted by Gasteiger charge is 2.42. The highest BCUT2D eigenvalue weighted by Crippen LogP contribution is 2.25. The Morgan fingerprint density at radius 3 is 2.19 bits per heavy atom. The Morgan fingerprint density at radius 2 is 1.58 bits per heavy atom. The molecule has 0 aliphatic carbocycles. The van der Waals surface area contributed by atoms with Gasteiger partial charge in [0.2, 0.25) is 5.91 Å². The first-order valence-corrected chi connectivity index (χ1v) is 9.88. The lowest BCUT2D eigenvalue weighted by atomic mass is 9.89. The van der Waals surface area contributed by atoms with Gasteiger partial charge in [0.05, 0.1) is 6.54 Å². The molecule has 0 bridgehead atoms. The number of carboxylic acid groups (broad SMARTS) is 1. The first kappa shape index (κ1) is 21.8. The number of aromatic hydroxyl groups is 1. The molecule has 0 fully saturated rings. The van der Waals surface area contributed by atoms with Crippen LogP contribution in [0.1, 0.15) is 23.6 Å². The first-order valence-electron chi connectivity index (χ1n) is 9.88. The van der Waals surface area contributed by atoms with Crippen molar-refractivity contribution in [3.63, 3.8) is 0 Å². The lowest BCUT2D eigenvalue weighted by Gasteiger charge is -2.38. The molecule has 0 unspecified atom stereocenters. The van der Waals surface area contributed by atoms with Crippen LogP contribution in [0.5, 0.6) is 5.75 Å². The molecule has 3 N–H and O–H groups in total. The molecule has 2 amide bonds. The van der Waals surface area contributed by atoms with Crippen molar-refractivity contribution in [2.45, 2.75) is 32.0 Å². The monoisotopic (exact) mass is 419 g/mol. The topological polar surface area (TPSA) is 103 Å². The summed E-state index contributed by atoms with van der Waals surface area (Å²) >= 11 is 0. The number of aromatic nitrogens is 1. The minimum Gasteiger partial charge on any atom is -0.508 e. The molecule has 0 spiro atoms. The second-order valence-electron chi connectivity index (χ2n) is 7.51. The molecule has 0 aliphatic heterocycles. The van der Waals surface area contributed by atoms with Crippen LogP contribution < -0.4 is 5.32 Å². The van der Waals surface area contributed by atoms with E-state index >= 15 is 0 Å². The normalized spacial score (nSPS) is 12.5. The number of pyridine rings is 1. The zero-order chi connectivity index (χ0) is 22.3. The van der Waals surface area contributed by atoms with E-state index in [1.807, 2.05) is 30.3 Å². The molecule has 7 heteroatoms. The molecular weight excluding hydrogens is 394 g/mol. The largest absolute Gasteiger partial charge is 0.508 e. The van der Waals surface area contributed by atoms with Gasteiger partial charge in [-0.1, -0.05) is 42.5 Å². The molecule has 0 saturated carbocycles. The van der Waals surface area contributed by atoms with Crippen LogP contribution in [0.15, 0.2) is 79.1 Å². The van der Waals surface area contributed by atoms with E-state index in [0.717, 1.165) is 21.6 Å². The fourth-order valence-corrected chi connectivity index (χ4v) is 3.40. The van der Waals surface area contributed by atoms with Crippen LogP contribution in [0, 0.1) is 0 Å². The van der Waals surface area contributed by atoms with Gasteiger partial charge in [0.1, 0.15) is 11.3 Å². The molecule has 31 heavy (non-hydrogen) atoms. The molecule has 0 radical (unpaired) electrons. The summed E-state index contributed by atoms with van der Waals surface area (Å²) in [6.07, 6.45) is 2.11. The summed E-state index contributed by atoms with van der Waals surface area (Å²) in [5.41, 5.74) is 0.987. The number of hydrogen-bond donors (Lipinski definition) is 3. The zero-order valence-corrected chi connectivity index (χ0v) is 17.2. The average molecular weight is 419 g/mol. The fourth-order valence-electron chi connectivity index (χ4n) is 3.40. The van der Waals surface area contributed by atoms with Gasteiger partial charge in [-0.3, -0.25) is 14.7 Å². The number of rotatable bonds is 8. The van der Waals surface area contributed by atoms with Gasteiger partial charge in [-0.05, 0) is 47.9 Å². The van der Waals surface area contributed by atoms with Crippen LogP contribution in [0.25, 0.3) is 0 Å². The van der Waals surface area contributed by atoms with Crippen LogP contribution >= 0.6 is 0 Å². The van der Waals surface area contributed by atoms with Crippen LogP contribution in [0.4, 0.5) is 4.79 Å². The van der Waals surface area contributed by atoms with Gasteiger partial charge in [-0.2, -0.15) is 0 Å². The van der Waals surface area contributed by atoms with E-state index in [-0.39, 0.29) is 25.3 Å². The maximum absolute atomic E-state index is 13.4. The Bertz CT molecular complexity index is 1010. The number of nitrogens with zero attached hydrogens (tertiary/aromatic N) is 2. The van der Waals surface area contributed by atoms with Crippen LogP contribution in [0.2, 0.25) is 0 Å². The molecule has 1 heterocycles. The summed E-state index contributed by atoms with van der Waals surface area (Å²) in [6.45, 7) is 1.94. The minimum absolute atomic E-state index is 0.0329. The van der Waals surface area contributed by atoms with Gasteiger partial charge in [0.15, 0.2) is 0 Å². The molecule has 7 nitrogen and oxygen atoms in total. The van der Waals surface area contributed by atoms with Crippen molar-refractivity contribution in [2.24, 2.45) is 0 Å². The fraction of sp³-hybridized carbons (Fsp3) is 0.208. The predicted octanol–water partition coefficient (Wildman–Crippen LogP) is 3.59. The van der Waals surface area contributed by atoms with Crippen molar-refractivity contribution in [1.29, 1.82) is 0 Å². The summed E-state index contributed by atoms with van der Waals surface area (Å²) in [7, 11) is 0. The number of phenols is 1. The summed E-state index contributed by atoms with van der Waals surface area (Å²) in [4.78, 5) is 30.7. The van der Waals surface area contributed by atoms with E-state index < -0.39 is 17.5 Å². The molecule has 2 aromatic carbocycles. The van der Waals surface area contributed by atoms with Gasteiger partial charge in [0.25, 0.3) is 0 Å². The van der Waals surface area contributed by atoms with E-state index in [2.05, 4.69) is 10.3 Å². The van der Waals surface area contributed by atoms with Crippen LogP contribution in [-0.2, 0) is 24.3 Å². The lowest BCUT2D eigenvalue weighted by Crippen LogP contribution is -2.59. The molecule has 3 aromatic rings. The molecule has 0 aliphatic rings. The number of carbonyl (C=O) groups is 2. The number of hydrogen-bond acceptors (Lipinski definition) is 4. The van der Waals surface area contributed by atoms with Crippen LogP contribution in [-0.4, -0.2) is 37.6 Å². The van der Waals surface area contributed by atoms with E-state index in [4.69, 9.17) is 0 Å². The Balaban J connectivity index is 1.91. The molecule has 1 aromatic heterocycles. The second-order valence-corrected chi connectivity index (χ2v) is 7.51. The third-order valence-electron chi connectivity index (χ3n) is 5.19. The molecule has 3 rings (SSSR count). The summed E-state index contributed by atoms with van der Waals surface area (Å²) in [6, 6.07) is 19.3. The van der Waals surface area contributed by atoms with Crippen molar-refractivity contribution in [1.82, 2.24) is 15.2 Å². The maximum atomic E-state index is 13.4. The Morgan fingerprint density at radius 1 is 0.935 bits per heavy atom. The Kier molecular flexibility index (Phi) is 6.87. The molecule has 160 valence electrons. The van der Waals surface area contributed by atoms with Gasteiger partial charge >= 0.3 is 6.09 Å². The van der Waals surface area contributed by atoms with Gasteiger partial charge in [0, 0.05) is 25.4 Å². The number of carbonyl (C=O) groups excluding carboxylic acids is 1. The number of nitrogens with one attached hydrogen (secondary N) is 1. The summed E-state index contributed by atoms with van der Waals surface area (Å²) < 4.78 is 0. The van der Waals surface area contributed by atoms with Crippen molar-refractivity contribution >= 4 is 12.0 Å². The lowest BCUT2D eigenvalue weighted by molar-refractivity contribution is -0.132. The standard InChI is InChI=1S/C24H25N3O4/c1-24(15-18-7-9-21(28)10-8-18,22(29)26-16-19-5-3-2-4-6-19)27(23(30)31)17-20-11-13-25-14-12-20/h2-14,28H,15-17H2,1H3,(H,26,29)(H,30,31)/t24-/m0/s1. The van der Waals surface area contributed by atoms with Gasteiger partial charge in [-0.25, -0.2) is 4.79 Å². The highest BCUT2D eigenvalue weighted by molar-refractivity contribution is 5.89. The third kappa shape index (κ3) is 5.60. The highest BCUT2D eigenvalue weighted by atomic mass is 16.4. The Labute approximate surface area is 181 Å².